The number of benzene rings is 1. The Balaban J connectivity index is 1.64. The molecule has 1 radical (unpaired) electrons. The molecule has 1 aromatic rings. The van der Waals surface area contributed by atoms with Gasteiger partial charge in [0.1, 0.15) is 0 Å². The largest absolute Gasteiger partial charge is 0.373 e. The first-order valence-corrected chi connectivity index (χ1v) is 8.00. The average Bonchev–Trinajstić information content (AvgIpc) is 3.23. The fourth-order valence-electron chi connectivity index (χ4n) is 2.62. The van der Waals surface area contributed by atoms with E-state index in [1.54, 1.807) is 0 Å². The number of epoxide rings is 1. The van der Waals surface area contributed by atoms with Crippen LogP contribution < -0.4 is 0 Å². The zero-order chi connectivity index (χ0) is 13.3. The zero-order valence-electron chi connectivity index (χ0n) is 12.3. The van der Waals surface area contributed by atoms with E-state index < -0.39 is 0 Å². The molecule has 1 heteroatoms. The summed E-state index contributed by atoms with van der Waals surface area (Å²) in [6, 6.07) is 9.82. The molecule has 0 aliphatic carbocycles. The predicted octanol–water partition coefficient (Wildman–Crippen LogP) is 4.72. The minimum Gasteiger partial charge on any atom is -0.373 e. The Morgan fingerprint density at radius 2 is 1.89 bits per heavy atom. The molecule has 1 atom stereocenters. The van der Waals surface area contributed by atoms with Gasteiger partial charge in [-0.1, -0.05) is 63.6 Å². The van der Waals surface area contributed by atoms with Gasteiger partial charge in [0.25, 0.3) is 0 Å². The molecule has 1 fully saturated rings. The summed E-state index contributed by atoms with van der Waals surface area (Å²) in [5, 5.41) is 0. The molecule has 19 heavy (non-hydrogen) atoms. The van der Waals surface area contributed by atoms with Crippen LogP contribution in [0.2, 0.25) is 0 Å². The average molecular weight is 259 g/mol. The van der Waals surface area contributed by atoms with Gasteiger partial charge in [-0.2, -0.15) is 0 Å². The summed E-state index contributed by atoms with van der Waals surface area (Å²) >= 11 is 0. The van der Waals surface area contributed by atoms with E-state index in [1.807, 2.05) is 6.07 Å². The third kappa shape index (κ3) is 5.78. The van der Waals surface area contributed by atoms with Crippen molar-refractivity contribution in [1.29, 1.82) is 0 Å². The second-order valence-corrected chi connectivity index (χ2v) is 5.70. The zero-order valence-corrected chi connectivity index (χ0v) is 12.3. The fraction of sp³-hybridized carbons (Fsp3) is 0.667. The molecule has 1 unspecified atom stereocenters. The van der Waals surface area contributed by atoms with Gasteiger partial charge in [-0.3, -0.25) is 0 Å². The lowest BCUT2D eigenvalue weighted by Gasteiger charge is -2.08. The maximum atomic E-state index is 5.33. The molecular formula is C18H27O. The van der Waals surface area contributed by atoms with Crippen molar-refractivity contribution in [2.24, 2.45) is 0 Å². The normalized spacial score (nSPS) is 17.6. The Labute approximate surface area is 118 Å². The topological polar surface area (TPSA) is 12.5 Å². The van der Waals surface area contributed by atoms with Gasteiger partial charge >= 0.3 is 0 Å². The van der Waals surface area contributed by atoms with Crippen molar-refractivity contribution in [1.82, 2.24) is 0 Å². The first kappa shape index (κ1) is 14.6. The summed E-state index contributed by atoms with van der Waals surface area (Å²) in [7, 11) is 0. The lowest BCUT2D eigenvalue weighted by Crippen LogP contribution is -1.99. The third-order valence-electron chi connectivity index (χ3n) is 3.92. The molecule has 0 amide bonds. The molecule has 1 aromatic carbocycles. The SMILES string of the molecule is CCCCCCCCCc1[c]cccc1CC1CO1. The molecule has 2 rings (SSSR count). The first-order chi connectivity index (χ1) is 9.40. The van der Waals surface area contributed by atoms with Crippen LogP contribution in [-0.4, -0.2) is 12.7 Å². The highest BCUT2D eigenvalue weighted by molar-refractivity contribution is 5.27. The van der Waals surface area contributed by atoms with E-state index in [0.29, 0.717) is 6.10 Å². The first-order valence-electron chi connectivity index (χ1n) is 8.00. The second-order valence-electron chi connectivity index (χ2n) is 5.70. The smallest absolute Gasteiger partial charge is 0.0850 e. The van der Waals surface area contributed by atoms with Crippen molar-refractivity contribution in [3.63, 3.8) is 0 Å². The Kier molecular flexibility index (Phi) is 6.43. The van der Waals surface area contributed by atoms with Gasteiger partial charge in [0.15, 0.2) is 0 Å². The van der Waals surface area contributed by atoms with Crippen LogP contribution in [0.15, 0.2) is 18.2 Å². The highest BCUT2D eigenvalue weighted by Crippen LogP contribution is 2.20. The molecule has 0 aromatic heterocycles. The standard InChI is InChI=1S/C18H27O/c1-2-3-4-5-6-7-8-11-16-12-9-10-13-17(16)14-18-15-19-18/h9-10,13,18H,2-8,11,14-15H2,1H3. The number of aryl methyl sites for hydroxylation is 1. The Bertz CT molecular complexity index is 354. The van der Waals surface area contributed by atoms with Crippen LogP contribution in [0.25, 0.3) is 0 Å². The highest BCUT2D eigenvalue weighted by atomic mass is 16.6. The van der Waals surface area contributed by atoms with Crippen LogP contribution in [0.5, 0.6) is 0 Å². The Hall–Kier alpha value is -0.820. The molecule has 1 aliphatic heterocycles. The monoisotopic (exact) mass is 259 g/mol. The van der Waals surface area contributed by atoms with Gasteiger partial charge in [0, 0.05) is 6.42 Å². The minimum atomic E-state index is 0.489. The van der Waals surface area contributed by atoms with Crippen LogP contribution in [0, 0.1) is 6.07 Å². The van der Waals surface area contributed by atoms with E-state index in [2.05, 4.69) is 25.1 Å². The predicted molar refractivity (Wildman–Crippen MR) is 80.4 cm³/mol. The van der Waals surface area contributed by atoms with Crippen molar-refractivity contribution in [3.8, 4) is 0 Å². The van der Waals surface area contributed by atoms with E-state index in [1.165, 1.54) is 62.5 Å². The molecule has 1 heterocycles. The van der Waals surface area contributed by atoms with Gasteiger partial charge in [-0.25, -0.2) is 0 Å². The lowest BCUT2D eigenvalue weighted by atomic mass is 9.97. The number of ether oxygens (including phenoxy) is 1. The van der Waals surface area contributed by atoms with Gasteiger partial charge < -0.3 is 4.74 Å². The van der Waals surface area contributed by atoms with Crippen molar-refractivity contribution in [3.05, 3.63) is 35.4 Å². The van der Waals surface area contributed by atoms with Crippen molar-refractivity contribution >= 4 is 0 Å². The Morgan fingerprint density at radius 3 is 2.63 bits per heavy atom. The number of hydrogen-bond acceptors (Lipinski definition) is 1. The molecule has 105 valence electrons. The maximum absolute atomic E-state index is 5.33. The van der Waals surface area contributed by atoms with Gasteiger partial charge in [-0.05, 0) is 30.0 Å². The van der Waals surface area contributed by atoms with Gasteiger partial charge in [0.05, 0.1) is 12.7 Å². The van der Waals surface area contributed by atoms with E-state index in [4.69, 9.17) is 4.74 Å². The number of hydrogen-bond donors (Lipinski definition) is 0. The van der Waals surface area contributed by atoms with Crippen molar-refractivity contribution in [2.45, 2.75) is 70.8 Å². The molecule has 0 bridgehead atoms. The minimum absolute atomic E-state index is 0.489. The lowest BCUT2D eigenvalue weighted by molar-refractivity contribution is 0.407. The van der Waals surface area contributed by atoms with E-state index in [-0.39, 0.29) is 0 Å². The maximum Gasteiger partial charge on any atom is 0.0850 e. The van der Waals surface area contributed by atoms with Crippen LogP contribution >= 0.6 is 0 Å². The quantitative estimate of drug-likeness (QED) is 0.437. The molecule has 1 nitrogen and oxygen atoms in total. The van der Waals surface area contributed by atoms with Crippen LogP contribution in [-0.2, 0) is 17.6 Å². The molecule has 1 saturated heterocycles. The molecule has 0 spiro atoms. The summed E-state index contributed by atoms with van der Waals surface area (Å²) in [5.74, 6) is 0. The molecule has 0 N–H and O–H groups in total. The summed E-state index contributed by atoms with van der Waals surface area (Å²) in [6.07, 6.45) is 12.4. The number of rotatable bonds is 10. The van der Waals surface area contributed by atoms with E-state index in [9.17, 15) is 0 Å². The number of unbranched alkanes of at least 4 members (excludes halogenated alkanes) is 6. The van der Waals surface area contributed by atoms with Crippen molar-refractivity contribution in [2.75, 3.05) is 6.61 Å². The Morgan fingerprint density at radius 1 is 1.16 bits per heavy atom. The fourth-order valence-corrected chi connectivity index (χ4v) is 2.62. The summed E-state index contributed by atoms with van der Waals surface area (Å²) in [6.45, 7) is 3.22. The summed E-state index contributed by atoms with van der Waals surface area (Å²) < 4.78 is 5.33. The van der Waals surface area contributed by atoms with Crippen LogP contribution in [0.4, 0.5) is 0 Å². The second kappa shape index (κ2) is 8.37. The van der Waals surface area contributed by atoms with E-state index >= 15 is 0 Å². The molecule has 0 saturated carbocycles. The summed E-state index contributed by atoms with van der Waals surface area (Å²) in [5.41, 5.74) is 2.88. The van der Waals surface area contributed by atoms with Crippen LogP contribution in [0.3, 0.4) is 0 Å². The molecule has 1 aliphatic rings. The highest BCUT2D eigenvalue weighted by Gasteiger charge is 2.23. The van der Waals surface area contributed by atoms with Crippen molar-refractivity contribution < 1.29 is 4.74 Å². The summed E-state index contributed by atoms with van der Waals surface area (Å²) in [4.78, 5) is 0. The van der Waals surface area contributed by atoms with Crippen LogP contribution in [0.1, 0.15) is 63.0 Å². The van der Waals surface area contributed by atoms with Gasteiger partial charge in [0.2, 0.25) is 0 Å². The van der Waals surface area contributed by atoms with Gasteiger partial charge in [-0.15, -0.1) is 0 Å². The van der Waals surface area contributed by atoms with E-state index in [0.717, 1.165) is 13.0 Å². The third-order valence-corrected chi connectivity index (χ3v) is 3.92. The molecular weight excluding hydrogens is 232 g/mol.